The molecule has 1 aromatic heterocycles. The Labute approximate surface area is 138 Å². The van der Waals surface area contributed by atoms with Crippen molar-refractivity contribution in [3.8, 4) is 5.75 Å². The smallest absolute Gasteiger partial charge is 0.123 e. The van der Waals surface area contributed by atoms with Gasteiger partial charge in [0.2, 0.25) is 0 Å². The molecule has 1 aromatic carbocycles. The van der Waals surface area contributed by atoms with Crippen LogP contribution in [-0.4, -0.2) is 40.2 Å². The summed E-state index contributed by atoms with van der Waals surface area (Å²) < 4.78 is 8.09. The number of hydrogen-bond acceptors (Lipinski definition) is 4. The largest absolute Gasteiger partial charge is 0.493 e. The monoisotopic (exact) mass is 314 g/mol. The minimum absolute atomic E-state index is 0.312. The maximum Gasteiger partial charge on any atom is 0.123 e. The molecule has 0 spiro atoms. The summed E-state index contributed by atoms with van der Waals surface area (Å²) in [5, 5.41) is 0. The van der Waals surface area contributed by atoms with Gasteiger partial charge in [0.15, 0.2) is 0 Å². The lowest BCUT2D eigenvalue weighted by atomic mass is 10.1. The lowest BCUT2D eigenvalue weighted by Crippen LogP contribution is -2.42. The SMILES string of the molecule is NC1CCCN(Cc2ccccc2OCCCn2ccnc2)C1. The van der Waals surface area contributed by atoms with E-state index in [1.165, 1.54) is 12.0 Å². The number of aromatic nitrogens is 2. The molecule has 124 valence electrons. The second-order valence-corrected chi connectivity index (χ2v) is 6.25. The summed E-state index contributed by atoms with van der Waals surface area (Å²) in [5.74, 6) is 0.997. The molecule has 2 heterocycles. The number of nitrogens with zero attached hydrogens (tertiary/aromatic N) is 3. The van der Waals surface area contributed by atoms with Crippen molar-refractivity contribution in [2.24, 2.45) is 5.73 Å². The third kappa shape index (κ3) is 4.81. The van der Waals surface area contributed by atoms with Crippen LogP contribution in [0.4, 0.5) is 0 Å². The molecule has 0 aliphatic carbocycles. The van der Waals surface area contributed by atoms with E-state index >= 15 is 0 Å². The summed E-state index contributed by atoms with van der Waals surface area (Å²) in [6.45, 7) is 4.68. The van der Waals surface area contributed by atoms with Crippen LogP contribution in [0.2, 0.25) is 0 Å². The fourth-order valence-electron chi connectivity index (χ4n) is 3.10. The number of rotatable bonds is 7. The number of para-hydroxylation sites is 1. The number of likely N-dealkylation sites (tertiary alicyclic amines) is 1. The van der Waals surface area contributed by atoms with E-state index in [9.17, 15) is 0 Å². The van der Waals surface area contributed by atoms with Crippen molar-refractivity contribution in [3.63, 3.8) is 0 Å². The zero-order valence-corrected chi connectivity index (χ0v) is 13.6. The van der Waals surface area contributed by atoms with E-state index in [-0.39, 0.29) is 0 Å². The molecule has 0 bridgehead atoms. The first-order chi connectivity index (χ1) is 11.3. The van der Waals surface area contributed by atoms with Gasteiger partial charge in [-0.25, -0.2) is 4.98 Å². The van der Waals surface area contributed by atoms with Crippen LogP contribution >= 0.6 is 0 Å². The van der Waals surface area contributed by atoms with Gasteiger partial charge in [0.1, 0.15) is 5.75 Å². The number of benzene rings is 1. The predicted octanol–water partition coefficient (Wildman–Crippen LogP) is 2.28. The van der Waals surface area contributed by atoms with Crippen LogP contribution in [0.1, 0.15) is 24.8 Å². The van der Waals surface area contributed by atoms with Gasteiger partial charge in [-0.3, -0.25) is 4.90 Å². The molecule has 2 N–H and O–H groups in total. The summed E-state index contributed by atoms with van der Waals surface area (Å²) in [5.41, 5.74) is 7.34. The maximum atomic E-state index is 6.08. The molecule has 1 atom stereocenters. The standard InChI is InChI=1S/C18H26N4O/c19-17-6-3-9-22(14-17)13-16-5-1-2-7-18(16)23-12-4-10-21-11-8-20-15-21/h1-2,5,7-8,11,15,17H,3-4,6,9-10,12-14,19H2. The first kappa shape index (κ1) is 16.0. The Balaban J connectivity index is 1.50. The van der Waals surface area contributed by atoms with Gasteiger partial charge < -0.3 is 15.0 Å². The van der Waals surface area contributed by atoms with Crippen molar-refractivity contribution in [1.29, 1.82) is 0 Å². The molecule has 1 aliphatic heterocycles. The average molecular weight is 314 g/mol. The van der Waals surface area contributed by atoms with E-state index < -0.39 is 0 Å². The summed E-state index contributed by atoms with van der Waals surface area (Å²) in [6, 6.07) is 8.66. The molecule has 23 heavy (non-hydrogen) atoms. The third-order valence-corrected chi connectivity index (χ3v) is 4.29. The van der Waals surface area contributed by atoms with Crippen molar-refractivity contribution in [2.75, 3.05) is 19.7 Å². The maximum absolute atomic E-state index is 6.08. The predicted molar refractivity (Wildman–Crippen MR) is 91.3 cm³/mol. The minimum Gasteiger partial charge on any atom is -0.493 e. The summed E-state index contributed by atoms with van der Waals surface area (Å²) in [6.07, 6.45) is 8.93. The summed E-state index contributed by atoms with van der Waals surface area (Å²) in [7, 11) is 0. The third-order valence-electron chi connectivity index (χ3n) is 4.29. The first-order valence-electron chi connectivity index (χ1n) is 8.45. The van der Waals surface area contributed by atoms with Crippen LogP contribution in [0.3, 0.4) is 0 Å². The number of nitrogens with two attached hydrogens (primary N) is 1. The Morgan fingerprint density at radius 3 is 3.04 bits per heavy atom. The fourth-order valence-corrected chi connectivity index (χ4v) is 3.10. The number of hydrogen-bond donors (Lipinski definition) is 1. The number of ether oxygens (including phenoxy) is 1. The van der Waals surface area contributed by atoms with E-state index in [1.54, 1.807) is 6.20 Å². The Bertz CT molecular complexity index is 584. The molecule has 1 fully saturated rings. The molecule has 2 aromatic rings. The Kier molecular flexibility index (Phi) is 5.66. The van der Waals surface area contributed by atoms with Crippen molar-refractivity contribution < 1.29 is 4.74 Å². The van der Waals surface area contributed by atoms with E-state index in [1.807, 2.05) is 18.6 Å². The van der Waals surface area contributed by atoms with Gasteiger partial charge in [-0.2, -0.15) is 0 Å². The summed E-state index contributed by atoms with van der Waals surface area (Å²) in [4.78, 5) is 6.48. The molecule has 5 nitrogen and oxygen atoms in total. The molecular weight excluding hydrogens is 288 g/mol. The number of aryl methyl sites for hydroxylation is 1. The lowest BCUT2D eigenvalue weighted by Gasteiger charge is -2.31. The zero-order chi connectivity index (χ0) is 15.9. The van der Waals surface area contributed by atoms with Gasteiger partial charge in [0, 0.05) is 43.6 Å². The van der Waals surface area contributed by atoms with Crippen LogP contribution < -0.4 is 10.5 Å². The van der Waals surface area contributed by atoms with Crippen LogP contribution in [0, 0.1) is 0 Å². The van der Waals surface area contributed by atoms with Crippen molar-refractivity contribution in [2.45, 2.75) is 38.4 Å². The number of piperidine rings is 1. The molecule has 0 radical (unpaired) electrons. The van der Waals surface area contributed by atoms with Gasteiger partial charge in [-0.15, -0.1) is 0 Å². The van der Waals surface area contributed by atoms with Crippen LogP contribution in [-0.2, 0) is 13.1 Å². The Morgan fingerprint density at radius 1 is 1.30 bits per heavy atom. The molecule has 0 amide bonds. The lowest BCUT2D eigenvalue weighted by molar-refractivity contribution is 0.197. The second-order valence-electron chi connectivity index (χ2n) is 6.25. The molecule has 0 saturated carbocycles. The zero-order valence-electron chi connectivity index (χ0n) is 13.6. The van der Waals surface area contributed by atoms with Crippen molar-refractivity contribution in [3.05, 3.63) is 48.5 Å². The molecular formula is C18H26N4O. The highest BCUT2D eigenvalue weighted by atomic mass is 16.5. The highest BCUT2D eigenvalue weighted by Crippen LogP contribution is 2.21. The normalized spacial score (nSPS) is 18.9. The minimum atomic E-state index is 0.312. The van der Waals surface area contributed by atoms with Gasteiger partial charge in [-0.1, -0.05) is 18.2 Å². The fraction of sp³-hybridized carbons (Fsp3) is 0.500. The van der Waals surface area contributed by atoms with Gasteiger partial charge in [0.05, 0.1) is 12.9 Å². The Hall–Kier alpha value is -1.85. The van der Waals surface area contributed by atoms with E-state index in [4.69, 9.17) is 10.5 Å². The van der Waals surface area contributed by atoms with Crippen LogP contribution in [0.25, 0.3) is 0 Å². The summed E-state index contributed by atoms with van der Waals surface area (Å²) >= 11 is 0. The van der Waals surface area contributed by atoms with Crippen molar-refractivity contribution in [1.82, 2.24) is 14.5 Å². The second kappa shape index (κ2) is 8.13. The highest BCUT2D eigenvalue weighted by Gasteiger charge is 2.17. The van der Waals surface area contributed by atoms with Gasteiger partial charge in [-0.05, 0) is 31.9 Å². The van der Waals surface area contributed by atoms with Gasteiger partial charge in [0.25, 0.3) is 0 Å². The topological polar surface area (TPSA) is 56.3 Å². The van der Waals surface area contributed by atoms with Crippen LogP contribution in [0.5, 0.6) is 5.75 Å². The van der Waals surface area contributed by atoms with Gasteiger partial charge >= 0.3 is 0 Å². The Morgan fingerprint density at radius 2 is 2.22 bits per heavy atom. The molecule has 5 heteroatoms. The quantitative estimate of drug-likeness (QED) is 0.797. The molecule has 1 unspecified atom stereocenters. The molecule has 1 aliphatic rings. The van der Waals surface area contributed by atoms with Crippen LogP contribution in [0.15, 0.2) is 43.0 Å². The average Bonchev–Trinajstić information content (AvgIpc) is 3.06. The highest BCUT2D eigenvalue weighted by molar-refractivity contribution is 5.33. The van der Waals surface area contributed by atoms with E-state index in [0.717, 1.165) is 44.8 Å². The number of imidazole rings is 1. The molecule has 3 rings (SSSR count). The first-order valence-corrected chi connectivity index (χ1v) is 8.45. The van der Waals surface area contributed by atoms with Crippen molar-refractivity contribution >= 4 is 0 Å². The van der Waals surface area contributed by atoms with E-state index in [2.05, 4.69) is 32.7 Å². The molecule has 1 saturated heterocycles. The van der Waals surface area contributed by atoms with E-state index in [0.29, 0.717) is 12.6 Å².